The van der Waals surface area contributed by atoms with E-state index in [-0.39, 0.29) is 5.56 Å². The Hall–Kier alpha value is -1.03. The van der Waals surface area contributed by atoms with Crippen LogP contribution in [-0.4, -0.2) is 4.98 Å². The molecule has 2 nitrogen and oxygen atoms in total. The van der Waals surface area contributed by atoms with Crippen molar-refractivity contribution < 1.29 is 8.78 Å². The Morgan fingerprint density at radius 1 is 1.14 bits per heavy atom. The van der Waals surface area contributed by atoms with E-state index in [0.717, 1.165) is 25.2 Å². The maximum Gasteiger partial charge on any atom is 0.149 e. The van der Waals surface area contributed by atoms with Crippen LogP contribution in [0.15, 0.2) is 12.4 Å². The quantitative estimate of drug-likeness (QED) is 0.750. The van der Waals surface area contributed by atoms with Crippen LogP contribution in [0.25, 0.3) is 0 Å². The van der Waals surface area contributed by atoms with Gasteiger partial charge >= 0.3 is 0 Å². The zero-order chi connectivity index (χ0) is 10.2. The summed E-state index contributed by atoms with van der Waals surface area (Å²) < 4.78 is 26.7. The van der Waals surface area contributed by atoms with E-state index in [1.807, 2.05) is 0 Å². The fraction of sp³-hybridized carbons (Fsp3) is 0.500. The van der Waals surface area contributed by atoms with Crippen LogP contribution < -0.4 is 5.73 Å². The fourth-order valence-corrected chi connectivity index (χ4v) is 2.14. The third kappa shape index (κ3) is 1.39. The van der Waals surface area contributed by atoms with Crippen LogP contribution in [-0.2, 0) is 5.54 Å². The van der Waals surface area contributed by atoms with Crippen LogP contribution in [0.4, 0.5) is 8.78 Å². The van der Waals surface area contributed by atoms with E-state index in [9.17, 15) is 8.78 Å². The average molecular weight is 198 g/mol. The molecule has 0 unspecified atom stereocenters. The van der Waals surface area contributed by atoms with Crippen molar-refractivity contribution in [3.8, 4) is 0 Å². The summed E-state index contributed by atoms with van der Waals surface area (Å²) in [6.07, 6.45) is 5.18. The van der Waals surface area contributed by atoms with E-state index in [4.69, 9.17) is 5.73 Å². The number of nitrogens with zero attached hydrogens (tertiary/aromatic N) is 1. The standard InChI is InChI=1S/C10H12F2N2/c11-7-5-14-6-8(12)9(7)10(13)3-1-2-4-10/h5-6H,1-4,13H2. The summed E-state index contributed by atoms with van der Waals surface area (Å²) in [5.74, 6) is -1.26. The molecule has 0 aromatic carbocycles. The summed E-state index contributed by atoms with van der Waals surface area (Å²) in [6, 6.07) is 0. The highest BCUT2D eigenvalue weighted by atomic mass is 19.1. The summed E-state index contributed by atoms with van der Waals surface area (Å²) in [5, 5.41) is 0. The lowest BCUT2D eigenvalue weighted by atomic mass is 9.89. The van der Waals surface area contributed by atoms with Gasteiger partial charge in [-0.25, -0.2) is 8.78 Å². The second-order valence-corrected chi connectivity index (χ2v) is 3.84. The first kappa shape index (κ1) is 9.52. The minimum absolute atomic E-state index is 0.00463. The smallest absolute Gasteiger partial charge is 0.149 e. The molecule has 1 aliphatic carbocycles. The first-order chi connectivity index (χ1) is 6.63. The number of hydrogen-bond acceptors (Lipinski definition) is 2. The molecule has 76 valence electrons. The molecule has 1 aromatic rings. The van der Waals surface area contributed by atoms with E-state index in [1.165, 1.54) is 0 Å². The van der Waals surface area contributed by atoms with E-state index in [0.29, 0.717) is 12.8 Å². The largest absolute Gasteiger partial charge is 0.321 e. The van der Waals surface area contributed by atoms with Gasteiger partial charge in [-0.3, -0.25) is 4.98 Å². The number of halogens is 2. The van der Waals surface area contributed by atoms with Crippen molar-refractivity contribution in [3.05, 3.63) is 29.6 Å². The molecule has 0 radical (unpaired) electrons. The molecule has 0 saturated heterocycles. The topological polar surface area (TPSA) is 38.9 Å². The minimum atomic E-state index is -0.822. The van der Waals surface area contributed by atoms with Gasteiger partial charge in [0.15, 0.2) is 0 Å². The molecule has 0 aliphatic heterocycles. The zero-order valence-corrected chi connectivity index (χ0v) is 7.76. The van der Waals surface area contributed by atoms with Gasteiger partial charge in [0, 0.05) is 11.1 Å². The van der Waals surface area contributed by atoms with Crippen molar-refractivity contribution in [3.63, 3.8) is 0 Å². The van der Waals surface area contributed by atoms with Crippen molar-refractivity contribution in [2.24, 2.45) is 5.73 Å². The maximum absolute atomic E-state index is 13.4. The SMILES string of the molecule is NC1(c2c(F)cncc2F)CCCC1. The highest BCUT2D eigenvalue weighted by Crippen LogP contribution is 2.38. The molecular weight excluding hydrogens is 186 g/mol. The normalized spacial score (nSPS) is 19.9. The minimum Gasteiger partial charge on any atom is -0.321 e. The van der Waals surface area contributed by atoms with Gasteiger partial charge in [-0.1, -0.05) is 12.8 Å². The molecule has 1 saturated carbocycles. The molecule has 1 heterocycles. The molecule has 1 fully saturated rings. The van der Waals surface area contributed by atoms with Gasteiger partial charge in [0.25, 0.3) is 0 Å². The Morgan fingerprint density at radius 2 is 1.64 bits per heavy atom. The summed E-state index contributed by atoms with van der Waals surface area (Å²) in [4.78, 5) is 3.44. The molecule has 2 rings (SSSR count). The Labute approximate surface area is 81.1 Å². The summed E-state index contributed by atoms with van der Waals surface area (Å²) in [6.45, 7) is 0. The Kier molecular flexibility index (Phi) is 2.23. The molecule has 0 spiro atoms. The lowest BCUT2D eigenvalue weighted by Gasteiger charge is -2.24. The highest BCUT2D eigenvalue weighted by Gasteiger charge is 2.36. The van der Waals surface area contributed by atoms with Crippen molar-refractivity contribution in [2.45, 2.75) is 31.2 Å². The highest BCUT2D eigenvalue weighted by molar-refractivity contribution is 5.25. The van der Waals surface area contributed by atoms with Crippen LogP contribution in [0.5, 0.6) is 0 Å². The predicted octanol–water partition coefficient (Wildman–Crippen LogP) is 2.09. The molecule has 4 heteroatoms. The zero-order valence-electron chi connectivity index (χ0n) is 7.76. The molecule has 0 amide bonds. The van der Waals surface area contributed by atoms with Gasteiger partial charge in [-0.05, 0) is 12.8 Å². The van der Waals surface area contributed by atoms with Crippen molar-refractivity contribution in [1.82, 2.24) is 4.98 Å². The number of nitrogens with two attached hydrogens (primary N) is 1. The van der Waals surface area contributed by atoms with Gasteiger partial charge in [-0.2, -0.15) is 0 Å². The van der Waals surface area contributed by atoms with Gasteiger partial charge in [0.1, 0.15) is 11.6 Å². The van der Waals surface area contributed by atoms with E-state index in [1.54, 1.807) is 0 Å². The molecule has 0 bridgehead atoms. The first-order valence-electron chi connectivity index (χ1n) is 4.72. The number of rotatable bonds is 1. The fourth-order valence-electron chi connectivity index (χ4n) is 2.14. The monoisotopic (exact) mass is 198 g/mol. The lowest BCUT2D eigenvalue weighted by molar-refractivity contribution is 0.402. The van der Waals surface area contributed by atoms with Crippen LogP contribution in [0.3, 0.4) is 0 Å². The van der Waals surface area contributed by atoms with Gasteiger partial charge in [-0.15, -0.1) is 0 Å². The van der Waals surface area contributed by atoms with Crippen molar-refractivity contribution in [1.29, 1.82) is 0 Å². The molecule has 0 atom stereocenters. The molecule has 1 aromatic heterocycles. The number of hydrogen-bond donors (Lipinski definition) is 1. The second kappa shape index (κ2) is 3.28. The molecule has 14 heavy (non-hydrogen) atoms. The first-order valence-corrected chi connectivity index (χ1v) is 4.72. The van der Waals surface area contributed by atoms with Crippen molar-refractivity contribution in [2.75, 3.05) is 0 Å². The van der Waals surface area contributed by atoms with E-state index in [2.05, 4.69) is 4.98 Å². The van der Waals surface area contributed by atoms with Crippen molar-refractivity contribution >= 4 is 0 Å². The maximum atomic E-state index is 13.4. The molecule has 2 N–H and O–H groups in total. The van der Waals surface area contributed by atoms with Gasteiger partial charge in [0.05, 0.1) is 12.4 Å². The third-order valence-electron chi connectivity index (χ3n) is 2.85. The summed E-state index contributed by atoms with van der Waals surface area (Å²) in [7, 11) is 0. The Morgan fingerprint density at radius 3 is 2.14 bits per heavy atom. The average Bonchev–Trinajstić information content (AvgIpc) is 2.52. The Bertz CT molecular complexity index is 326. The summed E-state index contributed by atoms with van der Waals surface area (Å²) in [5.41, 5.74) is 5.16. The Balaban J connectivity index is 2.49. The van der Waals surface area contributed by atoms with Gasteiger partial charge in [0.2, 0.25) is 0 Å². The number of pyridine rings is 1. The van der Waals surface area contributed by atoms with Crippen LogP contribution in [0.2, 0.25) is 0 Å². The summed E-state index contributed by atoms with van der Waals surface area (Å²) >= 11 is 0. The van der Waals surface area contributed by atoms with Crippen LogP contribution >= 0.6 is 0 Å². The van der Waals surface area contributed by atoms with E-state index < -0.39 is 17.2 Å². The lowest BCUT2D eigenvalue weighted by Crippen LogP contribution is -2.35. The van der Waals surface area contributed by atoms with Gasteiger partial charge < -0.3 is 5.73 Å². The molecule has 1 aliphatic rings. The molecular formula is C10H12F2N2. The van der Waals surface area contributed by atoms with Crippen LogP contribution in [0, 0.1) is 11.6 Å². The third-order valence-corrected chi connectivity index (χ3v) is 2.85. The van der Waals surface area contributed by atoms with E-state index >= 15 is 0 Å². The predicted molar refractivity (Wildman–Crippen MR) is 48.5 cm³/mol. The second-order valence-electron chi connectivity index (χ2n) is 3.84. The number of aromatic nitrogens is 1. The van der Waals surface area contributed by atoms with Crippen LogP contribution in [0.1, 0.15) is 31.2 Å².